The molecule has 2 amide bonds. The van der Waals surface area contributed by atoms with Crippen LogP contribution in [-0.4, -0.2) is 35.7 Å². The molecule has 4 N–H and O–H groups in total. The molecule has 0 aliphatic heterocycles. The van der Waals surface area contributed by atoms with Gasteiger partial charge in [-0.05, 0) is 56.0 Å². The summed E-state index contributed by atoms with van der Waals surface area (Å²) in [4.78, 5) is 27.2. The number of carboxylic acids is 1. The van der Waals surface area contributed by atoms with Gasteiger partial charge in [-0.2, -0.15) is 0 Å². The van der Waals surface area contributed by atoms with Gasteiger partial charge in [0.15, 0.2) is 0 Å². The lowest BCUT2D eigenvalue weighted by atomic mass is 9.96. The molecule has 2 aromatic rings. The molecule has 0 spiro atoms. The number of rotatable bonds is 8. The molecule has 8 heteroatoms. The highest BCUT2D eigenvalue weighted by atomic mass is 16.5. The van der Waals surface area contributed by atoms with Crippen molar-refractivity contribution in [3.8, 4) is 5.75 Å². The molecule has 3 rings (SSSR count). The van der Waals surface area contributed by atoms with Crippen LogP contribution in [0.3, 0.4) is 0 Å². The molecule has 1 saturated carbocycles. The Morgan fingerprint density at radius 3 is 2.42 bits per heavy atom. The lowest BCUT2D eigenvalue weighted by molar-refractivity contribution is -0.136. The van der Waals surface area contributed by atoms with Gasteiger partial charge in [0.1, 0.15) is 5.75 Å². The number of urea groups is 1. The van der Waals surface area contributed by atoms with Crippen molar-refractivity contribution in [2.75, 3.05) is 11.9 Å². The molecular weight excluding hydrogens is 396 g/mol. The van der Waals surface area contributed by atoms with Gasteiger partial charge in [0.25, 0.3) is 0 Å². The van der Waals surface area contributed by atoms with Gasteiger partial charge in [-0.1, -0.05) is 29.8 Å². The summed E-state index contributed by atoms with van der Waals surface area (Å²) in [6.45, 7) is 2.42. The zero-order valence-electron chi connectivity index (χ0n) is 17.6. The monoisotopic (exact) mass is 424 g/mol. The minimum absolute atomic E-state index is 0.0274. The third-order valence-electron chi connectivity index (χ3n) is 4.87. The van der Waals surface area contributed by atoms with Crippen LogP contribution in [-0.2, 0) is 11.3 Å². The van der Waals surface area contributed by atoms with E-state index in [0.29, 0.717) is 12.6 Å². The number of aliphatic imine (C=N–C) groups is 1. The summed E-state index contributed by atoms with van der Waals surface area (Å²) in [6.07, 6.45) is 3.55. The van der Waals surface area contributed by atoms with Crippen molar-refractivity contribution in [2.45, 2.75) is 45.3 Å². The van der Waals surface area contributed by atoms with E-state index in [0.717, 1.165) is 35.4 Å². The number of amides is 2. The topological polar surface area (TPSA) is 112 Å². The van der Waals surface area contributed by atoms with Crippen LogP contribution in [0, 0.1) is 6.92 Å². The summed E-state index contributed by atoms with van der Waals surface area (Å²) < 4.78 is 5.87. The van der Waals surface area contributed by atoms with Crippen molar-refractivity contribution in [2.24, 2.45) is 4.99 Å². The largest absolute Gasteiger partial charge is 0.490 e. The minimum atomic E-state index is -0.976. The number of benzene rings is 2. The number of nitrogens with one attached hydrogen (secondary N) is 3. The second kappa shape index (κ2) is 11.0. The first-order chi connectivity index (χ1) is 15.0. The van der Waals surface area contributed by atoms with Crippen molar-refractivity contribution >= 4 is 23.6 Å². The predicted molar refractivity (Wildman–Crippen MR) is 119 cm³/mol. The molecule has 0 heterocycles. The first-order valence-corrected chi connectivity index (χ1v) is 10.4. The third kappa shape index (κ3) is 7.65. The lowest BCUT2D eigenvalue weighted by Gasteiger charge is -2.26. The predicted octanol–water partition coefficient (Wildman–Crippen LogP) is 3.67. The van der Waals surface area contributed by atoms with Crippen LogP contribution in [0.4, 0.5) is 10.5 Å². The number of aliphatic carboxylic acids is 1. The van der Waals surface area contributed by atoms with Crippen LogP contribution in [0.25, 0.3) is 0 Å². The molecule has 1 aliphatic carbocycles. The summed E-state index contributed by atoms with van der Waals surface area (Å²) in [5.41, 5.74) is 2.91. The molecule has 0 radical (unpaired) electrons. The molecule has 1 aliphatic rings. The van der Waals surface area contributed by atoms with Crippen LogP contribution < -0.4 is 20.7 Å². The fraction of sp³-hybridized carbons (Fsp3) is 0.348. The molecule has 1 fully saturated rings. The molecule has 164 valence electrons. The summed E-state index contributed by atoms with van der Waals surface area (Å²) in [6, 6.07) is 14.9. The van der Waals surface area contributed by atoms with Crippen LogP contribution in [0.5, 0.6) is 5.75 Å². The number of guanidine groups is 1. The molecule has 0 saturated heterocycles. The first-order valence-electron chi connectivity index (χ1n) is 10.4. The molecule has 8 nitrogen and oxygen atoms in total. The van der Waals surface area contributed by atoms with Gasteiger partial charge >= 0.3 is 12.0 Å². The second-order valence-corrected chi connectivity index (χ2v) is 7.50. The summed E-state index contributed by atoms with van der Waals surface area (Å²) >= 11 is 0. The number of ether oxygens (including phenoxy) is 1. The fourth-order valence-corrected chi connectivity index (χ4v) is 2.84. The van der Waals surface area contributed by atoms with E-state index in [1.54, 1.807) is 0 Å². The Morgan fingerprint density at radius 2 is 1.81 bits per heavy atom. The fourth-order valence-electron chi connectivity index (χ4n) is 2.84. The minimum Gasteiger partial charge on any atom is -0.490 e. The highest BCUT2D eigenvalue weighted by Gasteiger charge is 2.18. The first kappa shape index (κ1) is 22.1. The Balaban J connectivity index is 1.63. The number of hydrogen-bond acceptors (Lipinski definition) is 4. The Hall–Kier alpha value is -3.55. The second-order valence-electron chi connectivity index (χ2n) is 7.50. The maximum absolute atomic E-state index is 12.1. The molecule has 0 bridgehead atoms. The highest BCUT2D eigenvalue weighted by Crippen LogP contribution is 2.25. The molecule has 0 aromatic heterocycles. The van der Waals surface area contributed by atoms with Gasteiger partial charge in [-0.15, -0.1) is 0 Å². The number of aryl methyl sites for hydroxylation is 1. The van der Waals surface area contributed by atoms with Gasteiger partial charge < -0.3 is 20.5 Å². The van der Waals surface area contributed by atoms with E-state index in [9.17, 15) is 9.59 Å². The van der Waals surface area contributed by atoms with Crippen LogP contribution in [0.2, 0.25) is 0 Å². The number of nitrogens with zero attached hydrogens (tertiary/aromatic N) is 1. The van der Waals surface area contributed by atoms with Gasteiger partial charge in [0.05, 0.1) is 19.1 Å². The average Bonchev–Trinajstić information content (AvgIpc) is 2.71. The number of anilines is 1. The van der Waals surface area contributed by atoms with E-state index in [1.165, 1.54) is 6.42 Å². The van der Waals surface area contributed by atoms with Crippen LogP contribution in [0.1, 0.15) is 36.8 Å². The highest BCUT2D eigenvalue weighted by molar-refractivity contribution is 6.03. The van der Waals surface area contributed by atoms with E-state index in [4.69, 9.17) is 9.84 Å². The Bertz CT molecular complexity index is 906. The smallest absolute Gasteiger partial charge is 0.321 e. The van der Waals surface area contributed by atoms with Crippen molar-refractivity contribution < 1.29 is 19.4 Å². The number of hydrogen-bond donors (Lipinski definition) is 4. The lowest BCUT2D eigenvalue weighted by Crippen LogP contribution is -2.43. The van der Waals surface area contributed by atoms with E-state index < -0.39 is 12.0 Å². The van der Waals surface area contributed by atoms with E-state index in [2.05, 4.69) is 20.9 Å². The van der Waals surface area contributed by atoms with Crippen molar-refractivity contribution in [1.29, 1.82) is 0 Å². The van der Waals surface area contributed by atoms with Gasteiger partial charge in [0.2, 0.25) is 5.96 Å². The quantitative estimate of drug-likeness (QED) is 0.382. The maximum Gasteiger partial charge on any atom is 0.321 e. The van der Waals surface area contributed by atoms with Crippen molar-refractivity contribution in [3.63, 3.8) is 0 Å². The Kier molecular flexibility index (Phi) is 7.86. The normalized spacial score (nSPS) is 13.8. The summed E-state index contributed by atoms with van der Waals surface area (Å²) in [5.74, 6) is 0.102. The number of carboxylic acid groups (broad SMARTS) is 1. The summed E-state index contributed by atoms with van der Waals surface area (Å²) in [5, 5.41) is 17.0. The molecule has 31 heavy (non-hydrogen) atoms. The Labute approximate surface area is 181 Å². The van der Waals surface area contributed by atoms with Gasteiger partial charge in [-0.3, -0.25) is 10.1 Å². The SMILES string of the molecule is Cc1ccc(CN=C(NC(=O)NCCC(=O)O)Nc2ccc(OC3CCC3)cc2)cc1. The van der Waals surface area contributed by atoms with Gasteiger partial charge in [0, 0.05) is 12.2 Å². The standard InChI is InChI=1S/C23H28N4O4/c1-16-5-7-17(8-6-16)15-25-22(27-23(30)24-14-13-21(28)29)26-18-9-11-20(12-10-18)31-19-3-2-4-19/h5-12,19H,2-4,13-15H2,1H3,(H,28,29)(H3,24,25,26,27,30). The maximum atomic E-state index is 12.1. The van der Waals surface area contributed by atoms with E-state index in [1.807, 2.05) is 55.5 Å². The zero-order chi connectivity index (χ0) is 22.1. The Morgan fingerprint density at radius 1 is 1.10 bits per heavy atom. The van der Waals surface area contributed by atoms with Crippen LogP contribution >= 0.6 is 0 Å². The number of carbonyl (C=O) groups excluding carboxylic acids is 1. The third-order valence-corrected chi connectivity index (χ3v) is 4.87. The van der Waals surface area contributed by atoms with Crippen molar-refractivity contribution in [1.82, 2.24) is 10.6 Å². The number of carbonyl (C=O) groups is 2. The molecule has 2 aromatic carbocycles. The van der Waals surface area contributed by atoms with E-state index in [-0.39, 0.29) is 18.9 Å². The molecule has 0 atom stereocenters. The molecular formula is C23H28N4O4. The average molecular weight is 425 g/mol. The zero-order valence-corrected chi connectivity index (χ0v) is 17.6. The molecule has 0 unspecified atom stereocenters. The van der Waals surface area contributed by atoms with Gasteiger partial charge in [-0.25, -0.2) is 9.79 Å². The van der Waals surface area contributed by atoms with E-state index >= 15 is 0 Å². The summed E-state index contributed by atoms with van der Waals surface area (Å²) in [7, 11) is 0. The van der Waals surface area contributed by atoms with Crippen LogP contribution in [0.15, 0.2) is 53.5 Å². The van der Waals surface area contributed by atoms with Crippen molar-refractivity contribution in [3.05, 3.63) is 59.7 Å².